The van der Waals surface area contributed by atoms with Crippen molar-refractivity contribution in [2.45, 2.75) is 25.4 Å². The zero-order valence-electron chi connectivity index (χ0n) is 12.6. The predicted octanol–water partition coefficient (Wildman–Crippen LogP) is 2.64. The van der Waals surface area contributed by atoms with E-state index < -0.39 is 0 Å². The number of nitrogens with zero attached hydrogens (tertiary/aromatic N) is 1. The lowest BCUT2D eigenvalue weighted by Gasteiger charge is -2.18. The van der Waals surface area contributed by atoms with Gasteiger partial charge in [-0.15, -0.1) is 0 Å². The molecule has 1 N–H and O–H groups in total. The van der Waals surface area contributed by atoms with E-state index >= 15 is 0 Å². The zero-order valence-corrected chi connectivity index (χ0v) is 14.1. The van der Waals surface area contributed by atoms with E-state index in [4.69, 9.17) is 27.9 Å². The summed E-state index contributed by atoms with van der Waals surface area (Å²) >= 11 is 12.1. The third kappa shape index (κ3) is 3.79. The van der Waals surface area contributed by atoms with E-state index in [1.54, 1.807) is 18.2 Å². The molecule has 2 fully saturated rings. The maximum Gasteiger partial charge on any atom is 0.227 e. The summed E-state index contributed by atoms with van der Waals surface area (Å²) in [5.74, 6) is -0.611. The number of halogens is 2. The molecule has 0 spiro atoms. The fourth-order valence-electron chi connectivity index (χ4n) is 2.97. The quantitative estimate of drug-likeness (QED) is 0.901. The Morgan fingerprint density at radius 2 is 2.22 bits per heavy atom. The highest BCUT2D eigenvalue weighted by molar-refractivity contribution is 6.35. The van der Waals surface area contributed by atoms with Crippen molar-refractivity contribution in [3.8, 4) is 0 Å². The van der Waals surface area contributed by atoms with E-state index in [1.165, 1.54) is 4.90 Å². The highest BCUT2D eigenvalue weighted by atomic mass is 35.5. The van der Waals surface area contributed by atoms with Crippen molar-refractivity contribution in [1.82, 2.24) is 5.32 Å². The third-order valence-electron chi connectivity index (χ3n) is 4.22. The normalized spacial score (nSPS) is 24.3. The zero-order chi connectivity index (χ0) is 16.4. The lowest BCUT2D eigenvalue weighted by atomic mass is 10.1. The first kappa shape index (κ1) is 16.6. The van der Waals surface area contributed by atoms with Gasteiger partial charge in [-0.3, -0.25) is 9.59 Å². The molecule has 0 radical (unpaired) electrons. The first-order valence-electron chi connectivity index (χ1n) is 7.69. The number of carbonyl (C=O) groups is 2. The molecule has 3 rings (SSSR count). The molecule has 7 heteroatoms. The van der Waals surface area contributed by atoms with E-state index in [0.29, 0.717) is 28.8 Å². The van der Waals surface area contributed by atoms with Gasteiger partial charge in [0.05, 0.1) is 22.7 Å². The van der Waals surface area contributed by atoms with E-state index in [0.717, 1.165) is 19.4 Å². The minimum atomic E-state index is -0.376. The van der Waals surface area contributed by atoms with E-state index in [1.807, 2.05) is 0 Å². The summed E-state index contributed by atoms with van der Waals surface area (Å²) < 4.78 is 5.48. The molecule has 2 heterocycles. The Bertz CT molecular complexity index is 617. The lowest BCUT2D eigenvalue weighted by molar-refractivity contribution is -0.126. The Labute approximate surface area is 144 Å². The van der Waals surface area contributed by atoms with Crippen LogP contribution in [0.4, 0.5) is 5.69 Å². The Kier molecular flexibility index (Phi) is 5.09. The number of nitrogens with one attached hydrogen (secondary N) is 1. The molecule has 2 saturated heterocycles. The van der Waals surface area contributed by atoms with Crippen molar-refractivity contribution in [1.29, 1.82) is 0 Å². The van der Waals surface area contributed by atoms with Crippen molar-refractivity contribution >= 4 is 40.7 Å². The van der Waals surface area contributed by atoms with Gasteiger partial charge in [-0.05, 0) is 31.0 Å². The van der Waals surface area contributed by atoms with Gasteiger partial charge in [0.25, 0.3) is 0 Å². The van der Waals surface area contributed by atoms with Crippen LogP contribution in [0.3, 0.4) is 0 Å². The first-order chi connectivity index (χ1) is 11.0. The predicted molar refractivity (Wildman–Crippen MR) is 88.9 cm³/mol. The molecule has 2 aliphatic rings. The van der Waals surface area contributed by atoms with Crippen molar-refractivity contribution in [2.75, 3.05) is 24.6 Å². The molecule has 1 aromatic rings. The number of rotatable bonds is 4. The molecular weight excluding hydrogens is 339 g/mol. The summed E-state index contributed by atoms with van der Waals surface area (Å²) in [6, 6.07) is 4.96. The molecule has 2 aliphatic heterocycles. The Balaban J connectivity index is 1.62. The molecule has 5 nitrogen and oxygen atoms in total. The highest BCUT2D eigenvalue weighted by Gasteiger charge is 2.36. The summed E-state index contributed by atoms with van der Waals surface area (Å²) in [4.78, 5) is 26.0. The van der Waals surface area contributed by atoms with Gasteiger partial charge in [0.2, 0.25) is 11.8 Å². The van der Waals surface area contributed by atoms with Crippen LogP contribution in [0.25, 0.3) is 0 Å². The molecule has 2 unspecified atom stereocenters. The number of anilines is 1. The number of ether oxygens (including phenoxy) is 1. The van der Waals surface area contributed by atoms with Crippen LogP contribution in [0.15, 0.2) is 18.2 Å². The molecule has 2 amide bonds. The monoisotopic (exact) mass is 356 g/mol. The van der Waals surface area contributed by atoms with Crippen LogP contribution >= 0.6 is 23.2 Å². The second-order valence-corrected chi connectivity index (χ2v) is 6.72. The van der Waals surface area contributed by atoms with Crippen LogP contribution in [0, 0.1) is 5.92 Å². The van der Waals surface area contributed by atoms with Crippen molar-refractivity contribution in [3.05, 3.63) is 28.2 Å². The molecule has 0 bridgehead atoms. The molecule has 2 atom stereocenters. The molecular formula is C16H18Cl2N2O3. The van der Waals surface area contributed by atoms with Gasteiger partial charge in [-0.2, -0.15) is 0 Å². The summed E-state index contributed by atoms with van der Waals surface area (Å²) in [5.41, 5.74) is 0.554. The van der Waals surface area contributed by atoms with Crippen molar-refractivity contribution in [2.24, 2.45) is 5.92 Å². The summed E-state index contributed by atoms with van der Waals surface area (Å²) in [7, 11) is 0. The SMILES string of the molecule is O=C(NCC1CCCO1)C1CC(=O)N(c2cc(Cl)ccc2Cl)C1. The van der Waals surface area contributed by atoms with E-state index in [9.17, 15) is 9.59 Å². The second kappa shape index (κ2) is 7.07. The van der Waals surface area contributed by atoms with Gasteiger partial charge in [0.15, 0.2) is 0 Å². The third-order valence-corrected chi connectivity index (χ3v) is 4.78. The smallest absolute Gasteiger partial charge is 0.227 e. The largest absolute Gasteiger partial charge is 0.376 e. The number of hydrogen-bond acceptors (Lipinski definition) is 3. The average molecular weight is 357 g/mol. The lowest BCUT2D eigenvalue weighted by Crippen LogP contribution is -2.37. The average Bonchev–Trinajstić information content (AvgIpc) is 3.17. The van der Waals surface area contributed by atoms with E-state index in [2.05, 4.69) is 5.32 Å². The number of carbonyl (C=O) groups excluding carboxylic acids is 2. The molecule has 0 saturated carbocycles. The van der Waals surface area contributed by atoms with Crippen LogP contribution in [-0.4, -0.2) is 37.6 Å². The van der Waals surface area contributed by atoms with Crippen LogP contribution in [0.1, 0.15) is 19.3 Å². The Morgan fingerprint density at radius 3 is 2.96 bits per heavy atom. The summed E-state index contributed by atoms with van der Waals surface area (Å²) in [6.07, 6.45) is 2.27. The molecule has 23 heavy (non-hydrogen) atoms. The van der Waals surface area contributed by atoms with Gasteiger partial charge in [0, 0.05) is 31.1 Å². The van der Waals surface area contributed by atoms with Gasteiger partial charge in [-0.1, -0.05) is 23.2 Å². The number of hydrogen-bond donors (Lipinski definition) is 1. The summed E-state index contributed by atoms with van der Waals surface area (Å²) in [6.45, 7) is 1.57. The second-order valence-electron chi connectivity index (χ2n) is 5.88. The summed E-state index contributed by atoms with van der Waals surface area (Å²) in [5, 5.41) is 3.83. The topological polar surface area (TPSA) is 58.6 Å². The fourth-order valence-corrected chi connectivity index (χ4v) is 3.36. The van der Waals surface area contributed by atoms with Gasteiger partial charge in [0.1, 0.15) is 0 Å². The van der Waals surface area contributed by atoms with Crippen molar-refractivity contribution in [3.63, 3.8) is 0 Å². The van der Waals surface area contributed by atoms with Crippen molar-refractivity contribution < 1.29 is 14.3 Å². The first-order valence-corrected chi connectivity index (χ1v) is 8.45. The van der Waals surface area contributed by atoms with E-state index in [-0.39, 0.29) is 30.3 Å². The van der Waals surface area contributed by atoms with Gasteiger partial charge in [-0.25, -0.2) is 0 Å². The molecule has 0 aromatic heterocycles. The molecule has 0 aliphatic carbocycles. The van der Waals surface area contributed by atoms with Gasteiger partial charge >= 0.3 is 0 Å². The molecule has 1 aromatic carbocycles. The standard InChI is InChI=1S/C16H18Cl2N2O3/c17-11-3-4-13(18)14(7-11)20-9-10(6-15(20)21)16(22)19-8-12-2-1-5-23-12/h3-4,7,10,12H,1-2,5-6,8-9H2,(H,19,22). The minimum absolute atomic E-state index is 0.0922. The number of benzene rings is 1. The van der Waals surface area contributed by atoms with Crippen LogP contribution in [0.5, 0.6) is 0 Å². The maximum atomic E-state index is 12.3. The maximum absolute atomic E-state index is 12.3. The Morgan fingerprint density at radius 1 is 1.39 bits per heavy atom. The van der Waals surface area contributed by atoms with Gasteiger partial charge < -0.3 is 15.0 Å². The van der Waals surface area contributed by atoms with Crippen LogP contribution in [0.2, 0.25) is 10.0 Å². The van der Waals surface area contributed by atoms with Crippen LogP contribution in [-0.2, 0) is 14.3 Å². The fraction of sp³-hybridized carbons (Fsp3) is 0.500. The van der Waals surface area contributed by atoms with Crippen LogP contribution < -0.4 is 10.2 Å². The number of amides is 2. The Hall–Kier alpha value is -1.30. The minimum Gasteiger partial charge on any atom is -0.376 e. The molecule has 124 valence electrons. The highest BCUT2D eigenvalue weighted by Crippen LogP contribution is 2.33.